The van der Waals surface area contributed by atoms with Gasteiger partial charge in [-0.1, -0.05) is 80.9 Å². The van der Waals surface area contributed by atoms with Crippen molar-refractivity contribution in [1.82, 2.24) is 10.2 Å². The quantitative estimate of drug-likeness (QED) is 0.293. The van der Waals surface area contributed by atoms with Crippen LogP contribution in [0.4, 0.5) is 0 Å². The lowest BCUT2D eigenvalue weighted by molar-refractivity contribution is -0.142. The van der Waals surface area contributed by atoms with Crippen LogP contribution in [-0.4, -0.2) is 35.9 Å². The van der Waals surface area contributed by atoms with E-state index in [1.165, 1.54) is 0 Å². The minimum atomic E-state index is -0.708. The van der Waals surface area contributed by atoms with Gasteiger partial charge in [0.1, 0.15) is 11.8 Å². The third-order valence-electron chi connectivity index (χ3n) is 6.04. The molecule has 0 heterocycles. The molecule has 2 amide bonds. The van der Waals surface area contributed by atoms with Gasteiger partial charge in [-0.05, 0) is 69.2 Å². The number of likely N-dealkylation sites (N-methyl/N-ethyl adjacent to an activating group) is 1. The highest BCUT2D eigenvalue weighted by molar-refractivity contribution is 9.10. The van der Waals surface area contributed by atoms with E-state index in [-0.39, 0.29) is 30.4 Å². The van der Waals surface area contributed by atoms with E-state index in [1.807, 2.05) is 67.6 Å². The van der Waals surface area contributed by atoms with Crippen molar-refractivity contribution in [2.75, 3.05) is 13.2 Å². The zero-order valence-corrected chi connectivity index (χ0v) is 24.1. The van der Waals surface area contributed by atoms with E-state index in [1.54, 1.807) is 17.0 Å². The summed E-state index contributed by atoms with van der Waals surface area (Å²) in [5.74, 6) is 0.0868. The molecule has 3 aromatic rings. The molecule has 3 aromatic carbocycles. The van der Waals surface area contributed by atoms with E-state index in [2.05, 4.69) is 42.0 Å². The molecule has 1 atom stereocenters. The number of hydrogen-bond donors (Lipinski definition) is 1. The fourth-order valence-corrected chi connectivity index (χ4v) is 4.56. The number of benzene rings is 3. The first kappa shape index (κ1) is 28.7. The predicted octanol–water partition coefficient (Wildman–Crippen LogP) is 6.56. The molecule has 0 fully saturated rings. The van der Waals surface area contributed by atoms with Gasteiger partial charge in [-0.15, -0.1) is 0 Å². The molecule has 1 N–H and O–H groups in total. The van der Waals surface area contributed by atoms with Crippen LogP contribution >= 0.6 is 27.5 Å². The van der Waals surface area contributed by atoms with Gasteiger partial charge in [-0.2, -0.15) is 0 Å². The Bertz CT molecular complexity index is 1190. The number of rotatable bonds is 10. The van der Waals surface area contributed by atoms with Crippen molar-refractivity contribution in [2.45, 2.75) is 52.1 Å². The van der Waals surface area contributed by atoms with E-state index in [0.29, 0.717) is 23.7 Å². The van der Waals surface area contributed by atoms with Crippen LogP contribution in [0.2, 0.25) is 5.02 Å². The van der Waals surface area contributed by atoms with E-state index < -0.39 is 6.04 Å². The van der Waals surface area contributed by atoms with E-state index in [9.17, 15) is 9.59 Å². The van der Waals surface area contributed by atoms with Crippen LogP contribution in [0.5, 0.6) is 5.75 Å². The van der Waals surface area contributed by atoms with E-state index >= 15 is 0 Å². The lowest BCUT2D eigenvalue weighted by Gasteiger charge is -2.31. The van der Waals surface area contributed by atoms with Gasteiger partial charge in [0.15, 0.2) is 6.61 Å². The van der Waals surface area contributed by atoms with Gasteiger partial charge in [0, 0.05) is 24.5 Å². The average molecular weight is 586 g/mol. The lowest BCUT2D eigenvalue weighted by atomic mass is 9.87. The SMILES string of the molecule is CCNC(=O)[C@@H](Cc1ccccc1)N(Cc1ccc(Cl)cc1)C(=O)COc1ccc(C(C)(C)C)cc1Br. The van der Waals surface area contributed by atoms with Crippen LogP contribution < -0.4 is 10.1 Å². The van der Waals surface area contributed by atoms with Gasteiger partial charge in [-0.3, -0.25) is 9.59 Å². The fourth-order valence-electron chi connectivity index (χ4n) is 3.94. The van der Waals surface area contributed by atoms with Crippen molar-refractivity contribution in [2.24, 2.45) is 0 Å². The summed E-state index contributed by atoms with van der Waals surface area (Å²) in [7, 11) is 0. The molecular formula is C30H34BrClN2O3. The molecule has 0 aliphatic rings. The van der Waals surface area contributed by atoms with Gasteiger partial charge in [0.05, 0.1) is 4.47 Å². The fraction of sp³-hybridized carbons (Fsp3) is 0.333. The molecule has 0 unspecified atom stereocenters. The summed E-state index contributed by atoms with van der Waals surface area (Å²) in [6.07, 6.45) is 0.385. The highest BCUT2D eigenvalue weighted by Gasteiger charge is 2.30. The Hall–Kier alpha value is -2.83. The maximum atomic E-state index is 13.6. The van der Waals surface area contributed by atoms with Crippen LogP contribution in [0.15, 0.2) is 77.3 Å². The van der Waals surface area contributed by atoms with Crippen molar-refractivity contribution in [3.63, 3.8) is 0 Å². The maximum Gasteiger partial charge on any atom is 0.261 e. The van der Waals surface area contributed by atoms with Crippen molar-refractivity contribution >= 4 is 39.3 Å². The van der Waals surface area contributed by atoms with Gasteiger partial charge in [0.2, 0.25) is 5.91 Å². The molecule has 7 heteroatoms. The molecular weight excluding hydrogens is 552 g/mol. The van der Waals surface area contributed by atoms with Gasteiger partial charge >= 0.3 is 0 Å². The number of hydrogen-bond acceptors (Lipinski definition) is 3. The highest BCUT2D eigenvalue weighted by Crippen LogP contribution is 2.31. The van der Waals surface area contributed by atoms with Crippen molar-refractivity contribution in [3.05, 3.63) is 99.0 Å². The molecule has 0 aliphatic carbocycles. The first-order valence-electron chi connectivity index (χ1n) is 12.4. The number of ether oxygens (including phenoxy) is 1. The van der Waals surface area contributed by atoms with E-state index in [4.69, 9.17) is 16.3 Å². The summed E-state index contributed by atoms with van der Waals surface area (Å²) in [5, 5.41) is 3.51. The molecule has 0 saturated carbocycles. The average Bonchev–Trinajstić information content (AvgIpc) is 2.86. The van der Waals surface area contributed by atoms with Crippen molar-refractivity contribution in [1.29, 1.82) is 0 Å². The number of halogens is 2. The predicted molar refractivity (Wildman–Crippen MR) is 153 cm³/mol. The van der Waals surface area contributed by atoms with Crippen LogP contribution in [-0.2, 0) is 28.0 Å². The monoisotopic (exact) mass is 584 g/mol. The summed E-state index contributed by atoms with van der Waals surface area (Å²) >= 11 is 9.65. The number of nitrogens with zero attached hydrogens (tertiary/aromatic N) is 1. The lowest BCUT2D eigenvalue weighted by Crippen LogP contribution is -2.51. The molecule has 37 heavy (non-hydrogen) atoms. The zero-order valence-electron chi connectivity index (χ0n) is 21.8. The van der Waals surface area contributed by atoms with Crippen molar-refractivity contribution in [3.8, 4) is 5.75 Å². The van der Waals surface area contributed by atoms with Gasteiger partial charge in [0.25, 0.3) is 5.91 Å². The van der Waals surface area contributed by atoms with Crippen LogP contribution in [0, 0.1) is 0 Å². The summed E-state index contributed by atoms with van der Waals surface area (Å²) in [4.78, 5) is 28.5. The standard InChI is InChI=1S/C30H34BrClN2O3/c1-5-33-29(36)26(17-21-9-7-6-8-10-21)34(19-22-11-14-24(32)15-12-22)28(35)20-37-27-16-13-23(18-25(27)31)30(2,3)4/h6-16,18,26H,5,17,19-20H2,1-4H3,(H,33,36)/t26-/m1/s1. The van der Waals surface area contributed by atoms with Crippen LogP contribution in [0.25, 0.3) is 0 Å². The van der Waals surface area contributed by atoms with Gasteiger partial charge < -0.3 is 15.0 Å². The second-order valence-corrected chi connectivity index (χ2v) is 11.2. The molecule has 3 rings (SSSR count). The van der Waals surface area contributed by atoms with E-state index in [0.717, 1.165) is 21.2 Å². The normalized spacial score (nSPS) is 12.1. The minimum absolute atomic E-state index is 0.0104. The molecule has 196 valence electrons. The Labute approximate surface area is 233 Å². The Morgan fingerprint density at radius 3 is 2.27 bits per heavy atom. The maximum absolute atomic E-state index is 13.6. The van der Waals surface area contributed by atoms with Crippen LogP contribution in [0.3, 0.4) is 0 Å². The largest absolute Gasteiger partial charge is 0.483 e. The Balaban J connectivity index is 1.88. The van der Waals surface area contributed by atoms with Crippen molar-refractivity contribution < 1.29 is 14.3 Å². The Morgan fingerprint density at radius 2 is 1.68 bits per heavy atom. The summed E-state index contributed by atoms with van der Waals surface area (Å²) in [6, 6.07) is 22.2. The zero-order chi connectivity index (χ0) is 27.0. The topological polar surface area (TPSA) is 58.6 Å². The number of amides is 2. The number of carbonyl (C=O) groups is 2. The second-order valence-electron chi connectivity index (χ2n) is 9.93. The third kappa shape index (κ3) is 8.34. The van der Waals surface area contributed by atoms with Crippen LogP contribution in [0.1, 0.15) is 44.4 Å². The summed E-state index contributed by atoms with van der Waals surface area (Å²) in [6.45, 7) is 8.80. The smallest absolute Gasteiger partial charge is 0.261 e. The third-order valence-corrected chi connectivity index (χ3v) is 6.91. The first-order valence-corrected chi connectivity index (χ1v) is 13.5. The molecule has 0 spiro atoms. The minimum Gasteiger partial charge on any atom is -0.483 e. The molecule has 0 aliphatic heterocycles. The molecule has 0 saturated heterocycles. The second kappa shape index (κ2) is 13.1. The number of carbonyl (C=O) groups excluding carboxylic acids is 2. The molecule has 0 radical (unpaired) electrons. The highest BCUT2D eigenvalue weighted by atomic mass is 79.9. The Kier molecular flexibility index (Phi) is 10.2. The summed E-state index contributed by atoms with van der Waals surface area (Å²) < 4.78 is 6.73. The first-order chi connectivity index (χ1) is 17.6. The molecule has 0 aromatic heterocycles. The Morgan fingerprint density at radius 1 is 1.00 bits per heavy atom. The molecule has 0 bridgehead atoms. The molecule has 5 nitrogen and oxygen atoms in total. The van der Waals surface area contributed by atoms with Gasteiger partial charge in [-0.25, -0.2) is 0 Å². The summed E-state index contributed by atoms with van der Waals surface area (Å²) in [5.41, 5.74) is 2.98. The number of nitrogens with one attached hydrogen (secondary N) is 1.